The molecule has 0 amide bonds. The van der Waals surface area contributed by atoms with E-state index in [9.17, 15) is 0 Å². The summed E-state index contributed by atoms with van der Waals surface area (Å²) in [6.07, 6.45) is 7.60. The zero-order valence-electron chi connectivity index (χ0n) is 16.2. The van der Waals surface area contributed by atoms with E-state index in [2.05, 4.69) is 38.8 Å². The van der Waals surface area contributed by atoms with Gasteiger partial charge in [-0.15, -0.1) is 5.10 Å². The molecule has 0 N–H and O–H groups in total. The van der Waals surface area contributed by atoms with E-state index in [0.717, 1.165) is 23.6 Å². The third-order valence-corrected chi connectivity index (χ3v) is 4.72. The van der Waals surface area contributed by atoms with Gasteiger partial charge >= 0.3 is 0 Å². The molecule has 5 rings (SSSR count). The molecule has 0 fully saturated rings. The summed E-state index contributed by atoms with van der Waals surface area (Å²) in [4.78, 5) is 13.6. The van der Waals surface area contributed by atoms with Crippen LogP contribution in [0.3, 0.4) is 0 Å². The molecular weight excluding hydrogens is 372 g/mol. The first kappa shape index (κ1) is 17.9. The second kappa shape index (κ2) is 8.05. The van der Waals surface area contributed by atoms with Gasteiger partial charge in [0, 0.05) is 30.1 Å². The van der Waals surface area contributed by atoms with Gasteiger partial charge in [0.1, 0.15) is 11.4 Å². The molecule has 0 aliphatic rings. The van der Waals surface area contributed by atoms with Crippen LogP contribution >= 0.6 is 0 Å². The molecule has 4 aromatic heterocycles. The Bertz CT molecular complexity index is 1230. The van der Waals surface area contributed by atoms with Crippen LogP contribution in [-0.2, 0) is 6.54 Å². The first-order chi connectivity index (χ1) is 14.9. The molecule has 0 saturated carbocycles. The molecule has 0 radical (unpaired) electrons. The van der Waals surface area contributed by atoms with Gasteiger partial charge < -0.3 is 0 Å². The van der Waals surface area contributed by atoms with Crippen LogP contribution in [0.1, 0.15) is 5.56 Å². The van der Waals surface area contributed by atoms with Gasteiger partial charge in [-0.05, 0) is 24.3 Å². The van der Waals surface area contributed by atoms with Crippen molar-refractivity contribution < 1.29 is 4.57 Å². The topological polar surface area (TPSA) is 60.4 Å². The zero-order valence-corrected chi connectivity index (χ0v) is 16.2. The first-order valence-electron chi connectivity index (χ1n) is 9.70. The highest BCUT2D eigenvalue weighted by Crippen LogP contribution is 2.22. The van der Waals surface area contributed by atoms with Crippen LogP contribution in [0.4, 0.5) is 0 Å². The van der Waals surface area contributed by atoms with E-state index in [1.807, 2.05) is 71.7 Å². The Morgan fingerprint density at radius 2 is 1.37 bits per heavy atom. The molecule has 0 atom stereocenters. The fourth-order valence-corrected chi connectivity index (χ4v) is 3.25. The van der Waals surface area contributed by atoms with Crippen molar-refractivity contribution in [3.8, 4) is 28.7 Å². The van der Waals surface area contributed by atoms with Crippen molar-refractivity contribution in [3.63, 3.8) is 0 Å². The number of hydrogen-bond donors (Lipinski definition) is 0. The molecule has 5 aromatic rings. The summed E-state index contributed by atoms with van der Waals surface area (Å²) < 4.78 is 3.95. The lowest BCUT2D eigenvalue weighted by Gasteiger charge is -2.05. The van der Waals surface area contributed by atoms with E-state index in [0.29, 0.717) is 11.6 Å². The van der Waals surface area contributed by atoms with Crippen molar-refractivity contribution in [1.82, 2.24) is 24.7 Å². The highest BCUT2D eigenvalue weighted by atomic mass is 15.4. The number of rotatable bonds is 5. The molecule has 30 heavy (non-hydrogen) atoms. The van der Waals surface area contributed by atoms with Crippen LogP contribution in [0.25, 0.3) is 28.7 Å². The second-order valence-electron chi connectivity index (χ2n) is 6.82. The van der Waals surface area contributed by atoms with Crippen LogP contribution in [0.15, 0.2) is 104 Å². The summed E-state index contributed by atoms with van der Waals surface area (Å²) >= 11 is 0. The lowest BCUT2D eigenvalue weighted by Crippen LogP contribution is -2.33. The molecular formula is C24H19N6+. The maximum atomic E-state index is 4.74. The Labute approximate surface area is 174 Å². The van der Waals surface area contributed by atoms with Crippen LogP contribution in [0.5, 0.6) is 0 Å². The smallest absolute Gasteiger partial charge is 0.200 e. The fourth-order valence-electron chi connectivity index (χ4n) is 3.25. The summed E-state index contributed by atoms with van der Waals surface area (Å²) in [5.41, 5.74) is 3.65. The van der Waals surface area contributed by atoms with Crippen molar-refractivity contribution in [3.05, 3.63) is 109 Å². The summed E-state index contributed by atoms with van der Waals surface area (Å²) in [5.74, 6) is 1.24. The van der Waals surface area contributed by atoms with Crippen molar-refractivity contribution in [2.75, 3.05) is 0 Å². The van der Waals surface area contributed by atoms with Crippen molar-refractivity contribution in [1.29, 1.82) is 0 Å². The minimum Gasteiger partial charge on any atom is -0.253 e. The average molecular weight is 391 g/mol. The summed E-state index contributed by atoms with van der Waals surface area (Å²) in [5, 5.41) is 4.73. The van der Waals surface area contributed by atoms with Gasteiger partial charge in [0.05, 0.1) is 5.69 Å². The normalized spacial score (nSPS) is 10.8. The van der Waals surface area contributed by atoms with E-state index < -0.39 is 0 Å². The second-order valence-corrected chi connectivity index (χ2v) is 6.82. The fraction of sp³-hybridized carbons (Fsp3) is 0.0417. The Balaban J connectivity index is 1.53. The Morgan fingerprint density at radius 3 is 2.03 bits per heavy atom. The Morgan fingerprint density at radius 1 is 0.700 bits per heavy atom. The molecule has 0 saturated heterocycles. The molecule has 0 bridgehead atoms. The third kappa shape index (κ3) is 3.71. The number of pyridine rings is 3. The van der Waals surface area contributed by atoms with Crippen molar-refractivity contribution in [2.24, 2.45) is 0 Å². The van der Waals surface area contributed by atoms with E-state index in [4.69, 9.17) is 10.1 Å². The highest BCUT2D eigenvalue weighted by Gasteiger charge is 2.17. The van der Waals surface area contributed by atoms with E-state index in [-0.39, 0.29) is 0 Å². The molecule has 0 unspecified atom stereocenters. The maximum absolute atomic E-state index is 4.74. The van der Waals surface area contributed by atoms with Crippen LogP contribution in [0.2, 0.25) is 0 Å². The van der Waals surface area contributed by atoms with Crippen LogP contribution in [0, 0.1) is 0 Å². The molecule has 4 heterocycles. The summed E-state index contributed by atoms with van der Waals surface area (Å²) in [6, 6.07) is 25.9. The van der Waals surface area contributed by atoms with Gasteiger partial charge in [-0.3, -0.25) is 9.97 Å². The van der Waals surface area contributed by atoms with Crippen LogP contribution in [-0.4, -0.2) is 24.7 Å². The van der Waals surface area contributed by atoms with E-state index in [1.165, 1.54) is 5.56 Å². The molecule has 6 heteroatoms. The third-order valence-electron chi connectivity index (χ3n) is 4.72. The monoisotopic (exact) mass is 391 g/mol. The minimum absolute atomic E-state index is 0.567. The van der Waals surface area contributed by atoms with Crippen LogP contribution < -0.4 is 4.57 Å². The number of hydrogen-bond acceptors (Lipinski definition) is 4. The SMILES string of the molecule is c1ccc(C[n+]2ccc(-n3nc(-c4ccccn4)nc3-c3ccccn3)cc2)cc1. The van der Waals surface area contributed by atoms with Gasteiger partial charge in [-0.1, -0.05) is 42.5 Å². The average Bonchev–Trinajstić information content (AvgIpc) is 3.27. The van der Waals surface area contributed by atoms with Gasteiger partial charge in [0.25, 0.3) is 0 Å². The van der Waals surface area contributed by atoms with Gasteiger partial charge in [-0.2, -0.15) is 0 Å². The summed E-state index contributed by atoms with van der Waals surface area (Å²) in [7, 11) is 0. The molecule has 0 aliphatic heterocycles. The quantitative estimate of drug-likeness (QED) is 0.429. The molecule has 6 nitrogen and oxygen atoms in total. The van der Waals surface area contributed by atoms with Crippen molar-refractivity contribution in [2.45, 2.75) is 6.54 Å². The predicted octanol–water partition coefficient (Wildman–Crippen LogP) is 3.73. The molecule has 1 aromatic carbocycles. The van der Waals surface area contributed by atoms with E-state index >= 15 is 0 Å². The first-order valence-corrected chi connectivity index (χ1v) is 9.70. The van der Waals surface area contributed by atoms with Crippen molar-refractivity contribution >= 4 is 0 Å². The van der Waals surface area contributed by atoms with Gasteiger partial charge in [0.15, 0.2) is 24.8 Å². The Hall–Kier alpha value is -4.19. The van der Waals surface area contributed by atoms with E-state index in [1.54, 1.807) is 12.4 Å². The zero-order chi connectivity index (χ0) is 20.2. The lowest BCUT2D eigenvalue weighted by atomic mass is 10.2. The van der Waals surface area contributed by atoms with Gasteiger partial charge in [0.2, 0.25) is 5.82 Å². The largest absolute Gasteiger partial charge is 0.253 e. The maximum Gasteiger partial charge on any atom is 0.200 e. The molecule has 0 spiro atoms. The number of nitrogens with zero attached hydrogens (tertiary/aromatic N) is 6. The predicted molar refractivity (Wildman–Crippen MR) is 114 cm³/mol. The minimum atomic E-state index is 0.567. The lowest BCUT2D eigenvalue weighted by molar-refractivity contribution is -0.688. The summed E-state index contributed by atoms with van der Waals surface area (Å²) in [6.45, 7) is 0.810. The molecule has 144 valence electrons. The standard InChI is InChI=1S/C24H19N6/c1-2-8-19(9-3-1)18-29-16-12-20(13-17-29)30-24(22-11-5-7-15-26-22)27-23(28-30)21-10-4-6-14-25-21/h1-17H,18H2/q+1. The number of aromatic nitrogens is 6. The highest BCUT2D eigenvalue weighted by molar-refractivity contribution is 5.58. The Kier molecular flexibility index (Phi) is 4.79. The van der Waals surface area contributed by atoms with Gasteiger partial charge in [-0.25, -0.2) is 14.2 Å². The molecule has 0 aliphatic carbocycles. The number of benzene rings is 1.